The molecular formula is C22H15FN4O2. The number of aliphatic hydroxyl groups is 1. The van der Waals surface area contributed by atoms with Crippen molar-refractivity contribution in [1.29, 1.82) is 5.26 Å². The third-order valence-electron chi connectivity index (χ3n) is 4.63. The Kier molecular flexibility index (Phi) is 4.45. The van der Waals surface area contributed by atoms with Gasteiger partial charge in [0.05, 0.1) is 5.52 Å². The topological polar surface area (TPSA) is 90.9 Å². The maximum absolute atomic E-state index is 13.0. The van der Waals surface area contributed by atoms with Gasteiger partial charge in [0, 0.05) is 23.5 Å². The molecule has 0 fully saturated rings. The SMILES string of the molecule is Cn1nc(/C(O)=C(\C#N)C(=O)Nc2ccc(F)cc2)c2ccc3ccccc3c21. The average molecular weight is 386 g/mol. The van der Waals surface area contributed by atoms with Gasteiger partial charge in [0.15, 0.2) is 11.3 Å². The highest BCUT2D eigenvalue weighted by Gasteiger charge is 2.22. The summed E-state index contributed by atoms with van der Waals surface area (Å²) in [6.45, 7) is 0. The number of aryl methyl sites for hydroxylation is 1. The van der Waals surface area contributed by atoms with E-state index in [1.807, 2.05) is 30.3 Å². The van der Waals surface area contributed by atoms with Crippen molar-refractivity contribution < 1.29 is 14.3 Å². The fourth-order valence-electron chi connectivity index (χ4n) is 3.28. The van der Waals surface area contributed by atoms with Crippen LogP contribution in [0.2, 0.25) is 0 Å². The number of aliphatic hydroxyl groups excluding tert-OH is 1. The van der Waals surface area contributed by atoms with E-state index >= 15 is 0 Å². The van der Waals surface area contributed by atoms with Gasteiger partial charge in [0.2, 0.25) is 0 Å². The number of benzene rings is 3. The molecule has 0 aliphatic rings. The highest BCUT2D eigenvalue weighted by Crippen LogP contribution is 2.30. The number of amides is 1. The molecule has 1 amide bonds. The van der Waals surface area contributed by atoms with Gasteiger partial charge in [-0.25, -0.2) is 4.39 Å². The predicted octanol–water partition coefficient (Wildman–Crippen LogP) is 4.30. The molecule has 3 aromatic carbocycles. The number of fused-ring (bicyclic) bond motifs is 3. The first-order valence-electron chi connectivity index (χ1n) is 8.74. The highest BCUT2D eigenvalue weighted by molar-refractivity contribution is 6.14. The van der Waals surface area contributed by atoms with Crippen LogP contribution in [0.4, 0.5) is 10.1 Å². The van der Waals surface area contributed by atoms with Gasteiger partial charge in [-0.15, -0.1) is 0 Å². The zero-order valence-corrected chi connectivity index (χ0v) is 15.3. The van der Waals surface area contributed by atoms with Crippen LogP contribution in [0.25, 0.3) is 27.4 Å². The second kappa shape index (κ2) is 7.09. The minimum Gasteiger partial charge on any atom is -0.504 e. The number of halogens is 1. The van der Waals surface area contributed by atoms with Crippen molar-refractivity contribution in [2.45, 2.75) is 0 Å². The number of hydrogen-bond donors (Lipinski definition) is 2. The molecule has 0 saturated carbocycles. The molecule has 0 saturated heterocycles. The van der Waals surface area contributed by atoms with Crippen LogP contribution in [0.1, 0.15) is 5.69 Å². The molecule has 0 aliphatic carbocycles. The van der Waals surface area contributed by atoms with Crippen molar-refractivity contribution in [3.05, 3.63) is 77.7 Å². The van der Waals surface area contributed by atoms with Gasteiger partial charge in [-0.05, 0) is 35.7 Å². The monoisotopic (exact) mass is 386 g/mol. The van der Waals surface area contributed by atoms with Crippen molar-refractivity contribution in [2.75, 3.05) is 5.32 Å². The van der Waals surface area contributed by atoms with Gasteiger partial charge in [-0.3, -0.25) is 9.48 Å². The third-order valence-corrected chi connectivity index (χ3v) is 4.63. The Hall–Kier alpha value is -4.18. The van der Waals surface area contributed by atoms with E-state index < -0.39 is 23.1 Å². The summed E-state index contributed by atoms with van der Waals surface area (Å²) in [6, 6.07) is 18.3. The summed E-state index contributed by atoms with van der Waals surface area (Å²) >= 11 is 0. The second-order valence-corrected chi connectivity index (χ2v) is 6.45. The lowest BCUT2D eigenvalue weighted by atomic mass is 10.0. The number of nitrogens with zero attached hydrogens (tertiary/aromatic N) is 3. The molecule has 4 rings (SSSR count). The molecule has 0 spiro atoms. The Balaban J connectivity index is 1.81. The number of carbonyl (C=O) groups excluding carboxylic acids is 1. The van der Waals surface area contributed by atoms with Gasteiger partial charge >= 0.3 is 0 Å². The van der Waals surface area contributed by atoms with E-state index in [1.54, 1.807) is 23.9 Å². The Morgan fingerprint density at radius 3 is 2.55 bits per heavy atom. The second-order valence-electron chi connectivity index (χ2n) is 6.45. The molecule has 0 aliphatic heterocycles. The lowest BCUT2D eigenvalue weighted by molar-refractivity contribution is -0.112. The maximum atomic E-state index is 13.0. The molecular weight excluding hydrogens is 371 g/mol. The first kappa shape index (κ1) is 18.2. The molecule has 0 bridgehead atoms. The lowest BCUT2D eigenvalue weighted by Gasteiger charge is -2.06. The number of carbonyl (C=O) groups is 1. The zero-order chi connectivity index (χ0) is 20.5. The van der Waals surface area contributed by atoms with E-state index in [0.29, 0.717) is 11.1 Å². The van der Waals surface area contributed by atoms with E-state index in [0.717, 1.165) is 16.3 Å². The maximum Gasteiger partial charge on any atom is 0.270 e. The molecule has 7 heteroatoms. The normalized spacial score (nSPS) is 11.9. The number of hydrogen-bond acceptors (Lipinski definition) is 4. The van der Waals surface area contributed by atoms with Crippen molar-refractivity contribution in [3.8, 4) is 6.07 Å². The van der Waals surface area contributed by atoms with Crippen LogP contribution in [0, 0.1) is 17.1 Å². The van der Waals surface area contributed by atoms with Crippen LogP contribution < -0.4 is 5.32 Å². The van der Waals surface area contributed by atoms with E-state index in [9.17, 15) is 19.6 Å². The summed E-state index contributed by atoms with van der Waals surface area (Å²) in [5.74, 6) is -1.78. The Morgan fingerprint density at radius 2 is 1.83 bits per heavy atom. The van der Waals surface area contributed by atoms with E-state index in [2.05, 4.69) is 10.4 Å². The fraction of sp³-hybridized carbons (Fsp3) is 0.0455. The predicted molar refractivity (Wildman–Crippen MR) is 108 cm³/mol. The van der Waals surface area contributed by atoms with Crippen LogP contribution in [0.15, 0.2) is 66.2 Å². The Morgan fingerprint density at radius 1 is 1.10 bits per heavy atom. The summed E-state index contributed by atoms with van der Waals surface area (Å²) in [7, 11) is 1.73. The minimum atomic E-state index is -0.809. The van der Waals surface area contributed by atoms with Crippen LogP contribution >= 0.6 is 0 Å². The van der Waals surface area contributed by atoms with Gasteiger partial charge in [0.25, 0.3) is 5.91 Å². The van der Waals surface area contributed by atoms with Crippen LogP contribution in [-0.2, 0) is 11.8 Å². The van der Waals surface area contributed by atoms with Gasteiger partial charge < -0.3 is 10.4 Å². The summed E-state index contributed by atoms with van der Waals surface area (Å²) < 4.78 is 14.6. The molecule has 142 valence electrons. The molecule has 0 unspecified atom stereocenters. The standard InChI is InChI=1S/C22H15FN4O2/c1-27-20-16-5-3-2-4-13(16)6-11-17(20)19(26-27)21(28)18(12-24)22(29)25-15-9-7-14(23)8-10-15/h2-11,28H,1H3,(H,25,29)/b21-18-. The average Bonchev–Trinajstić information content (AvgIpc) is 3.07. The first-order valence-corrected chi connectivity index (χ1v) is 8.74. The fourth-order valence-corrected chi connectivity index (χ4v) is 3.28. The number of nitrogens with one attached hydrogen (secondary N) is 1. The number of nitriles is 1. The van der Waals surface area contributed by atoms with E-state index in [4.69, 9.17) is 0 Å². The molecule has 4 aromatic rings. The summed E-state index contributed by atoms with van der Waals surface area (Å²) in [6.07, 6.45) is 0. The van der Waals surface area contributed by atoms with Crippen molar-refractivity contribution in [3.63, 3.8) is 0 Å². The molecule has 0 radical (unpaired) electrons. The molecule has 1 heterocycles. The smallest absolute Gasteiger partial charge is 0.270 e. The number of rotatable bonds is 3. The Bertz CT molecular complexity index is 1330. The summed E-state index contributed by atoms with van der Waals surface area (Å²) in [5.41, 5.74) is 0.733. The first-order chi connectivity index (χ1) is 14.0. The van der Waals surface area contributed by atoms with Crippen molar-refractivity contribution in [1.82, 2.24) is 9.78 Å². The largest absolute Gasteiger partial charge is 0.504 e. The van der Waals surface area contributed by atoms with E-state index in [-0.39, 0.29) is 5.69 Å². The van der Waals surface area contributed by atoms with Gasteiger partial charge in [0.1, 0.15) is 17.6 Å². The van der Waals surface area contributed by atoms with Crippen LogP contribution in [0.5, 0.6) is 0 Å². The molecule has 1 aromatic heterocycles. The van der Waals surface area contributed by atoms with Gasteiger partial charge in [-0.1, -0.05) is 30.3 Å². The van der Waals surface area contributed by atoms with Crippen molar-refractivity contribution >= 4 is 39.0 Å². The van der Waals surface area contributed by atoms with Crippen LogP contribution in [0.3, 0.4) is 0 Å². The third kappa shape index (κ3) is 3.17. The molecule has 29 heavy (non-hydrogen) atoms. The molecule has 2 N–H and O–H groups in total. The quantitative estimate of drug-likeness (QED) is 0.312. The lowest BCUT2D eigenvalue weighted by Crippen LogP contribution is -2.15. The highest BCUT2D eigenvalue weighted by atomic mass is 19.1. The summed E-state index contributed by atoms with van der Waals surface area (Å²) in [5, 5.41) is 29.6. The number of aromatic nitrogens is 2. The van der Waals surface area contributed by atoms with Crippen molar-refractivity contribution in [2.24, 2.45) is 7.05 Å². The zero-order valence-electron chi connectivity index (χ0n) is 15.3. The number of anilines is 1. The molecule has 0 atom stereocenters. The minimum absolute atomic E-state index is 0.138. The van der Waals surface area contributed by atoms with Gasteiger partial charge in [-0.2, -0.15) is 10.4 Å². The van der Waals surface area contributed by atoms with Crippen LogP contribution in [-0.4, -0.2) is 20.8 Å². The molecule has 6 nitrogen and oxygen atoms in total. The van der Waals surface area contributed by atoms with E-state index in [1.165, 1.54) is 24.3 Å². The Labute approximate surface area is 165 Å². The summed E-state index contributed by atoms with van der Waals surface area (Å²) in [4.78, 5) is 12.5.